The van der Waals surface area contributed by atoms with Gasteiger partial charge in [0.1, 0.15) is 22.9 Å². The highest BCUT2D eigenvalue weighted by atomic mass is 35.5. The molecule has 3 rings (SSSR count). The molecule has 0 fully saturated rings. The van der Waals surface area contributed by atoms with Gasteiger partial charge in [-0.2, -0.15) is 0 Å². The molecule has 0 saturated heterocycles. The lowest BCUT2D eigenvalue weighted by atomic mass is 10.3. The maximum atomic E-state index is 13.4. The highest BCUT2D eigenvalue weighted by Gasteiger charge is 2.09. The van der Waals surface area contributed by atoms with E-state index in [0.29, 0.717) is 33.6 Å². The molecule has 0 aliphatic carbocycles. The maximum absolute atomic E-state index is 13.4. The third kappa shape index (κ3) is 2.65. The van der Waals surface area contributed by atoms with Crippen molar-refractivity contribution >= 4 is 28.8 Å². The molecular weight excluding hydrogens is 307 g/mol. The molecule has 112 valence electrons. The van der Waals surface area contributed by atoms with Gasteiger partial charge in [-0.3, -0.25) is 4.40 Å². The number of rotatable bonds is 3. The summed E-state index contributed by atoms with van der Waals surface area (Å²) in [6.07, 6.45) is 1.32. The van der Waals surface area contributed by atoms with Crippen molar-refractivity contribution < 1.29 is 9.13 Å². The maximum Gasteiger partial charge on any atom is 0.182 e. The molecule has 2 heterocycles. The predicted octanol–water partition coefficient (Wildman–Crippen LogP) is 4.86. The fourth-order valence-electron chi connectivity index (χ4n) is 2.04. The largest absolute Gasteiger partial charge is 0.497 e. The van der Waals surface area contributed by atoms with Crippen molar-refractivity contribution in [1.29, 1.82) is 0 Å². The average molecular weight is 319 g/mol. The smallest absolute Gasteiger partial charge is 0.182 e. The molecule has 0 saturated carbocycles. The minimum absolute atomic E-state index is 0.374. The first-order chi connectivity index (χ1) is 10.6. The van der Waals surface area contributed by atoms with E-state index >= 15 is 0 Å². The zero-order valence-electron chi connectivity index (χ0n) is 11.9. The standard InChI is InChI=1S/C15H12ClFN4O/c1-9-15(21-8-10(17)3-6-14(21)18-9)20-19-13-7-11(22-2)4-5-12(13)16/h3-8H,1-2H3. The van der Waals surface area contributed by atoms with Crippen LogP contribution in [0.25, 0.3) is 5.65 Å². The summed E-state index contributed by atoms with van der Waals surface area (Å²) in [5.74, 6) is 0.702. The number of nitrogens with zero attached hydrogens (tertiary/aromatic N) is 4. The van der Waals surface area contributed by atoms with Crippen molar-refractivity contribution in [3.8, 4) is 5.75 Å². The number of methoxy groups -OCH3 is 1. The van der Waals surface area contributed by atoms with Gasteiger partial charge in [-0.1, -0.05) is 11.6 Å². The Hall–Kier alpha value is -2.47. The van der Waals surface area contributed by atoms with E-state index in [1.54, 1.807) is 42.7 Å². The molecule has 0 bridgehead atoms. The number of aryl methyl sites for hydroxylation is 1. The number of pyridine rings is 1. The molecule has 0 unspecified atom stereocenters. The van der Waals surface area contributed by atoms with Crippen molar-refractivity contribution in [2.45, 2.75) is 6.92 Å². The van der Waals surface area contributed by atoms with Gasteiger partial charge in [0, 0.05) is 12.3 Å². The van der Waals surface area contributed by atoms with Crippen LogP contribution in [0.5, 0.6) is 5.75 Å². The highest BCUT2D eigenvalue weighted by molar-refractivity contribution is 6.33. The molecule has 0 spiro atoms. The van der Waals surface area contributed by atoms with E-state index in [4.69, 9.17) is 16.3 Å². The van der Waals surface area contributed by atoms with Gasteiger partial charge in [0.25, 0.3) is 0 Å². The summed E-state index contributed by atoms with van der Waals surface area (Å²) in [4.78, 5) is 4.31. The number of halogens is 2. The Balaban J connectivity index is 2.06. The number of imidazole rings is 1. The first-order valence-corrected chi connectivity index (χ1v) is 6.86. The van der Waals surface area contributed by atoms with E-state index < -0.39 is 0 Å². The van der Waals surface area contributed by atoms with E-state index in [0.717, 1.165) is 0 Å². The van der Waals surface area contributed by atoms with Crippen molar-refractivity contribution in [1.82, 2.24) is 9.38 Å². The van der Waals surface area contributed by atoms with Crippen LogP contribution < -0.4 is 4.74 Å². The van der Waals surface area contributed by atoms with Gasteiger partial charge in [-0.25, -0.2) is 9.37 Å². The molecule has 0 N–H and O–H groups in total. The SMILES string of the molecule is COc1ccc(Cl)c(N=Nc2c(C)nc3ccc(F)cn23)c1. The van der Waals surface area contributed by atoms with Crippen LogP contribution in [-0.2, 0) is 0 Å². The molecule has 3 aromatic rings. The molecule has 2 aromatic heterocycles. The van der Waals surface area contributed by atoms with Gasteiger partial charge in [0.15, 0.2) is 5.82 Å². The van der Waals surface area contributed by atoms with Crippen LogP contribution in [0.15, 0.2) is 46.8 Å². The summed E-state index contributed by atoms with van der Waals surface area (Å²) in [5, 5.41) is 8.73. The quantitative estimate of drug-likeness (QED) is 0.647. The second-order valence-corrected chi connectivity index (χ2v) is 5.02. The second kappa shape index (κ2) is 5.73. The van der Waals surface area contributed by atoms with E-state index in [-0.39, 0.29) is 5.82 Å². The first kappa shape index (κ1) is 14.5. The minimum Gasteiger partial charge on any atom is -0.497 e. The van der Waals surface area contributed by atoms with Crippen LogP contribution in [0, 0.1) is 12.7 Å². The first-order valence-electron chi connectivity index (χ1n) is 6.48. The van der Waals surface area contributed by atoms with E-state index in [1.165, 1.54) is 12.3 Å². The van der Waals surface area contributed by atoms with Crippen LogP contribution in [0.3, 0.4) is 0 Å². The number of aromatic nitrogens is 2. The number of fused-ring (bicyclic) bond motifs is 1. The minimum atomic E-state index is -0.374. The van der Waals surface area contributed by atoms with Crippen LogP contribution in [0.4, 0.5) is 15.9 Å². The van der Waals surface area contributed by atoms with Gasteiger partial charge in [0.05, 0.1) is 17.8 Å². The van der Waals surface area contributed by atoms with E-state index in [9.17, 15) is 4.39 Å². The molecule has 0 amide bonds. The summed E-state index contributed by atoms with van der Waals surface area (Å²) in [6.45, 7) is 1.78. The summed E-state index contributed by atoms with van der Waals surface area (Å²) in [5.41, 5.74) is 1.71. The fourth-order valence-corrected chi connectivity index (χ4v) is 2.20. The molecule has 5 nitrogen and oxygen atoms in total. The van der Waals surface area contributed by atoms with Crippen molar-refractivity contribution in [3.05, 3.63) is 53.1 Å². The topological polar surface area (TPSA) is 51.2 Å². The van der Waals surface area contributed by atoms with Crippen LogP contribution in [0.2, 0.25) is 5.02 Å². The summed E-state index contributed by atoms with van der Waals surface area (Å²) in [6, 6.07) is 8.01. The third-order valence-electron chi connectivity index (χ3n) is 3.13. The van der Waals surface area contributed by atoms with Gasteiger partial charge in [-0.15, -0.1) is 10.2 Å². The van der Waals surface area contributed by atoms with Gasteiger partial charge >= 0.3 is 0 Å². The van der Waals surface area contributed by atoms with Gasteiger partial charge < -0.3 is 4.74 Å². The van der Waals surface area contributed by atoms with Crippen molar-refractivity contribution in [3.63, 3.8) is 0 Å². The zero-order chi connectivity index (χ0) is 15.7. The summed E-state index contributed by atoms with van der Waals surface area (Å²) in [7, 11) is 1.56. The Bertz CT molecular complexity index is 875. The zero-order valence-corrected chi connectivity index (χ0v) is 12.7. The number of ether oxygens (including phenoxy) is 1. The van der Waals surface area contributed by atoms with E-state index in [1.807, 2.05) is 0 Å². The molecule has 0 aliphatic heterocycles. The monoisotopic (exact) mass is 318 g/mol. The number of benzene rings is 1. The normalized spacial score (nSPS) is 11.5. The molecule has 1 aromatic carbocycles. The van der Waals surface area contributed by atoms with Crippen LogP contribution in [-0.4, -0.2) is 16.5 Å². The molecule has 7 heteroatoms. The summed E-state index contributed by atoms with van der Waals surface area (Å²) >= 11 is 6.08. The second-order valence-electron chi connectivity index (χ2n) is 4.61. The van der Waals surface area contributed by atoms with E-state index in [2.05, 4.69) is 15.2 Å². The Morgan fingerprint density at radius 3 is 2.82 bits per heavy atom. The number of azo groups is 1. The third-order valence-corrected chi connectivity index (χ3v) is 3.45. The predicted molar refractivity (Wildman–Crippen MR) is 82.1 cm³/mol. The van der Waals surface area contributed by atoms with Crippen LogP contribution in [0.1, 0.15) is 5.69 Å². The number of hydrogen-bond donors (Lipinski definition) is 0. The van der Waals surface area contributed by atoms with Gasteiger partial charge in [0.2, 0.25) is 0 Å². The molecule has 0 radical (unpaired) electrons. The lowest BCUT2D eigenvalue weighted by Gasteiger charge is -2.02. The Morgan fingerprint density at radius 2 is 2.05 bits per heavy atom. The molecule has 22 heavy (non-hydrogen) atoms. The lowest BCUT2D eigenvalue weighted by molar-refractivity contribution is 0.415. The van der Waals surface area contributed by atoms with Gasteiger partial charge in [-0.05, 0) is 31.2 Å². The Labute approximate surface area is 131 Å². The number of hydrogen-bond acceptors (Lipinski definition) is 4. The summed E-state index contributed by atoms with van der Waals surface area (Å²) < 4.78 is 20.1. The Morgan fingerprint density at radius 1 is 1.23 bits per heavy atom. The fraction of sp³-hybridized carbons (Fsp3) is 0.133. The molecule has 0 atom stereocenters. The van der Waals surface area contributed by atoms with Crippen molar-refractivity contribution in [2.75, 3.05) is 7.11 Å². The lowest BCUT2D eigenvalue weighted by Crippen LogP contribution is -1.85. The molecular formula is C15H12ClFN4O. The molecule has 0 aliphatic rings. The Kier molecular flexibility index (Phi) is 3.77. The van der Waals surface area contributed by atoms with Crippen molar-refractivity contribution in [2.24, 2.45) is 10.2 Å². The van der Waals surface area contributed by atoms with Crippen LogP contribution >= 0.6 is 11.6 Å². The average Bonchev–Trinajstić information content (AvgIpc) is 2.81. The highest BCUT2D eigenvalue weighted by Crippen LogP contribution is 2.31.